The van der Waals surface area contributed by atoms with Crippen LogP contribution < -0.4 is 10.6 Å². The quantitative estimate of drug-likeness (QED) is 0.509. The van der Waals surface area contributed by atoms with E-state index in [0.29, 0.717) is 25.1 Å². The van der Waals surface area contributed by atoms with Gasteiger partial charge in [-0.05, 0) is 49.9 Å². The third kappa shape index (κ3) is 5.83. The number of para-hydroxylation sites is 1. The molecular formula is C29H34N4O2. The van der Waals surface area contributed by atoms with Crippen molar-refractivity contribution < 1.29 is 9.59 Å². The van der Waals surface area contributed by atoms with E-state index in [1.807, 2.05) is 73.7 Å². The topological polar surface area (TPSA) is 66.4 Å². The van der Waals surface area contributed by atoms with Gasteiger partial charge in [-0.25, -0.2) is 0 Å². The van der Waals surface area contributed by atoms with Crippen molar-refractivity contribution in [1.29, 1.82) is 0 Å². The van der Waals surface area contributed by atoms with Crippen LogP contribution >= 0.6 is 0 Å². The van der Waals surface area contributed by atoms with Crippen molar-refractivity contribution in [3.63, 3.8) is 0 Å². The Morgan fingerprint density at radius 1 is 1.09 bits per heavy atom. The molecule has 3 aromatic rings. The fourth-order valence-corrected chi connectivity index (χ4v) is 4.59. The Labute approximate surface area is 207 Å². The van der Waals surface area contributed by atoms with Crippen LogP contribution in [0.2, 0.25) is 0 Å². The number of carbonyl (C=O) groups excluding carboxylic acids is 2. The molecule has 6 nitrogen and oxygen atoms in total. The lowest BCUT2D eigenvalue weighted by atomic mass is 9.98. The van der Waals surface area contributed by atoms with Crippen LogP contribution in [0.5, 0.6) is 0 Å². The molecular weight excluding hydrogens is 436 g/mol. The first-order valence-electron chi connectivity index (χ1n) is 12.2. The van der Waals surface area contributed by atoms with Crippen LogP contribution in [0, 0.1) is 0 Å². The predicted molar refractivity (Wildman–Crippen MR) is 141 cm³/mol. The number of likely N-dealkylation sites (N-methyl/N-ethyl adjacent to an activating group) is 1. The van der Waals surface area contributed by atoms with E-state index in [1.165, 1.54) is 0 Å². The number of benzene rings is 2. The van der Waals surface area contributed by atoms with E-state index >= 15 is 0 Å². The van der Waals surface area contributed by atoms with Gasteiger partial charge in [0.1, 0.15) is 5.69 Å². The summed E-state index contributed by atoms with van der Waals surface area (Å²) in [5.41, 5.74) is 4.43. The van der Waals surface area contributed by atoms with Crippen molar-refractivity contribution in [1.82, 2.24) is 14.8 Å². The molecule has 4 rings (SSSR count). The van der Waals surface area contributed by atoms with E-state index in [2.05, 4.69) is 35.8 Å². The minimum atomic E-state index is -0.106. The molecule has 0 aliphatic carbocycles. The average Bonchev–Trinajstić information content (AvgIpc) is 3.22. The molecule has 2 unspecified atom stereocenters. The van der Waals surface area contributed by atoms with Crippen LogP contribution in [0.3, 0.4) is 0 Å². The van der Waals surface area contributed by atoms with E-state index in [9.17, 15) is 9.59 Å². The van der Waals surface area contributed by atoms with E-state index in [-0.39, 0.29) is 23.9 Å². The zero-order valence-corrected chi connectivity index (χ0v) is 20.7. The van der Waals surface area contributed by atoms with Gasteiger partial charge in [-0.2, -0.15) is 0 Å². The molecule has 182 valence electrons. The molecule has 0 fully saturated rings. The van der Waals surface area contributed by atoms with Gasteiger partial charge < -0.3 is 20.1 Å². The number of aromatic nitrogens is 1. The standard InChI is InChI=1S/C29H34N4O2/c1-21-15-16-25(24-12-7-8-13-26(24)31-21)29(35)33(3)23(20-22-10-5-4-6-11-22)17-18-30-28(34)27-14-9-19-32(27)2/h4-14,16,19,21,23,31H,15,17-18,20H2,1-3H3,(H,30,34). The first-order chi connectivity index (χ1) is 16.9. The van der Waals surface area contributed by atoms with Crippen molar-refractivity contribution >= 4 is 23.1 Å². The molecule has 1 aromatic heterocycles. The Morgan fingerprint density at radius 2 is 1.83 bits per heavy atom. The number of aryl methyl sites for hydroxylation is 1. The Balaban J connectivity index is 1.52. The second-order valence-electron chi connectivity index (χ2n) is 9.25. The Hall–Kier alpha value is -3.80. The number of amides is 2. The van der Waals surface area contributed by atoms with Crippen molar-refractivity contribution in [2.75, 3.05) is 18.9 Å². The van der Waals surface area contributed by atoms with E-state index in [4.69, 9.17) is 0 Å². The van der Waals surface area contributed by atoms with Gasteiger partial charge in [0.05, 0.1) is 0 Å². The predicted octanol–water partition coefficient (Wildman–Crippen LogP) is 4.50. The summed E-state index contributed by atoms with van der Waals surface area (Å²) < 4.78 is 1.80. The Kier molecular flexibility index (Phi) is 7.70. The zero-order valence-electron chi connectivity index (χ0n) is 20.7. The number of fused-ring (bicyclic) bond motifs is 1. The fourth-order valence-electron chi connectivity index (χ4n) is 4.59. The van der Waals surface area contributed by atoms with Gasteiger partial charge in [-0.3, -0.25) is 9.59 Å². The summed E-state index contributed by atoms with van der Waals surface area (Å²) in [5.74, 6) is -0.103. The van der Waals surface area contributed by atoms with Crippen LogP contribution in [0.15, 0.2) is 79.0 Å². The summed E-state index contributed by atoms with van der Waals surface area (Å²) in [6.07, 6.45) is 6.05. The van der Waals surface area contributed by atoms with Gasteiger partial charge in [0.2, 0.25) is 0 Å². The highest BCUT2D eigenvalue weighted by molar-refractivity contribution is 6.21. The minimum Gasteiger partial charge on any atom is -0.382 e. The second-order valence-corrected chi connectivity index (χ2v) is 9.25. The smallest absolute Gasteiger partial charge is 0.267 e. The van der Waals surface area contributed by atoms with E-state index in [0.717, 1.165) is 28.8 Å². The maximum Gasteiger partial charge on any atom is 0.267 e. The maximum absolute atomic E-state index is 13.8. The summed E-state index contributed by atoms with van der Waals surface area (Å²) in [6, 6.07) is 22.0. The van der Waals surface area contributed by atoms with Crippen LogP contribution in [0.25, 0.3) is 5.57 Å². The fraction of sp³-hybridized carbons (Fsp3) is 0.310. The van der Waals surface area contributed by atoms with Crippen molar-refractivity contribution in [2.45, 2.75) is 38.3 Å². The SMILES string of the molecule is CC1CC=C(C(=O)N(C)C(CCNC(=O)c2cccn2C)Cc2ccccc2)c2ccccc2N1. The second kappa shape index (κ2) is 11.1. The minimum absolute atomic E-state index is 0.00282. The van der Waals surface area contributed by atoms with Gasteiger partial charge in [-0.15, -0.1) is 0 Å². The van der Waals surface area contributed by atoms with Gasteiger partial charge in [0, 0.05) is 55.7 Å². The van der Waals surface area contributed by atoms with Crippen LogP contribution in [-0.2, 0) is 18.3 Å². The highest BCUT2D eigenvalue weighted by atomic mass is 16.2. The number of hydrogen-bond donors (Lipinski definition) is 2. The summed E-state index contributed by atoms with van der Waals surface area (Å²) in [4.78, 5) is 28.3. The lowest BCUT2D eigenvalue weighted by Gasteiger charge is -2.30. The molecule has 35 heavy (non-hydrogen) atoms. The number of rotatable bonds is 8. The van der Waals surface area contributed by atoms with Gasteiger partial charge in [0.25, 0.3) is 11.8 Å². The van der Waals surface area contributed by atoms with Crippen molar-refractivity contribution in [2.24, 2.45) is 7.05 Å². The normalized spacial score (nSPS) is 15.7. The number of carbonyl (C=O) groups is 2. The number of nitrogens with one attached hydrogen (secondary N) is 2. The molecule has 0 radical (unpaired) electrons. The molecule has 2 aromatic carbocycles. The first kappa shape index (κ1) is 24.3. The lowest BCUT2D eigenvalue weighted by Crippen LogP contribution is -2.41. The summed E-state index contributed by atoms with van der Waals surface area (Å²) >= 11 is 0. The van der Waals surface area contributed by atoms with E-state index in [1.54, 1.807) is 10.6 Å². The number of hydrogen-bond acceptors (Lipinski definition) is 3. The van der Waals surface area contributed by atoms with Crippen molar-refractivity contribution in [3.8, 4) is 0 Å². The van der Waals surface area contributed by atoms with Gasteiger partial charge in [0.15, 0.2) is 0 Å². The van der Waals surface area contributed by atoms with Crippen LogP contribution in [0.4, 0.5) is 5.69 Å². The third-order valence-electron chi connectivity index (χ3n) is 6.65. The molecule has 2 amide bonds. The van der Waals surface area contributed by atoms with Crippen LogP contribution in [-0.4, -0.2) is 47.0 Å². The monoisotopic (exact) mass is 470 g/mol. The zero-order chi connectivity index (χ0) is 24.8. The molecule has 2 heterocycles. The molecule has 2 N–H and O–H groups in total. The molecule has 0 bridgehead atoms. The Bertz CT molecular complexity index is 1200. The molecule has 0 saturated heterocycles. The Morgan fingerprint density at radius 3 is 2.57 bits per heavy atom. The van der Waals surface area contributed by atoms with Crippen LogP contribution in [0.1, 0.15) is 41.4 Å². The highest BCUT2D eigenvalue weighted by Gasteiger charge is 2.27. The first-order valence-corrected chi connectivity index (χ1v) is 12.2. The third-order valence-corrected chi connectivity index (χ3v) is 6.65. The lowest BCUT2D eigenvalue weighted by molar-refractivity contribution is -0.125. The molecule has 1 aliphatic rings. The van der Waals surface area contributed by atoms with E-state index < -0.39 is 0 Å². The molecule has 0 saturated carbocycles. The molecule has 0 spiro atoms. The summed E-state index contributed by atoms with van der Waals surface area (Å²) in [7, 11) is 3.73. The average molecular weight is 471 g/mol. The molecule has 2 atom stereocenters. The summed E-state index contributed by atoms with van der Waals surface area (Å²) in [6.45, 7) is 2.60. The largest absolute Gasteiger partial charge is 0.382 e. The summed E-state index contributed by atoms with van der Waals surface area (Å²) in [5, 5.41) is 6.53. The molecule has 1 aliphatic heterocycles. The number of nitrogens with zero attached hydrogens (tertiary/aromatic N) is 2. The van der Waals surface area contributed by atoms with Gasteiger partial charge >= 0.3 is 0 Å². The number of anilines is 1. The maximum atomic E-state index is 13.8. The van der Waals surface area contributed by atoms with Crippen molar-refractivity contribution in [3.05, 3.63) is 95.8 Å². The highest BCUT2D eigenvalue weighted by Crippen LogP contribution is 2.30. The van der Waals surface area contributed by atoms with Gasteiger partial charge in [-0.1, -0.05) is 54.6 Å². The molecule has 6 heteroatoms.